The van der Waals surface area contributed by atoms with E-state index in [4.69, 9.17) is 8.94 Å². The molecule has 0 N–H and O–H groups in total. The summed E-state index contributed by atoms with van der Waals surface area (Å²) in [5.74, 6) is 0.150. The summed E-state index contributed by atoms with van der Waals surface area (Å²) in [7, 11) is 0. The molecule has 0 spiro atoms. The zero-order chi connectivity index (χ0) is 18.3. The van der Waals surface area contributed by atoms with E-state index in [9.17, 15) is 9.18 Å². The number of hydrogen-bond acceptors (Lipinski definition) is 5. The Kier molecular flexibility index (Phi) is 3.91. The maximum Gasteiger partial charge on any atom is 0.420 e. The van der Waals surface area contributed by atoms with Crippen molar-refractivity contribution in [2.75, 3.05) is 0 Å². The Morgan fingerprint density at radius 2 is 1.92 bits per heavy atom. The van der Waals surface area contributed by atoms with Gasteiger partial charge in [-0.2, -0.15) is 4.98 Å². The maximum atomic E-state index is 13.0. The summed E-state index contributed by atoms with van der Waals surface area (Å²) < 4.78 is 25.2. The van der Waals surface area contributed by atoms with Gasteiger partial charge in [-0.3, -0.25) is 4.57 Å². The first-order valence-electron chi connectivity index (χ1n) is 8.24. The molecule has 2 aromatic carbocycles. The largest absolute Gasteiger partial charge is 0.420 e. The third-order valence-corrected chi connectivity index (χ3v) is 4.12. The van der Waals surface area contributed by atoms with Crippen LogP contribution in [0.1, 0.15) is 31.3 Å². The molecule has 0 fully saturated rings. The summed E-state index contributed by atoms with van der Waals surface area (Å²) in [6, 6.07) is 11.5. The van der Waals surface area contributed by atoms with E-state index in [0.717, 1.165) is 11.1 Å². The van der Waals surface area contributed by atoms with Gasteiger partial charge in [0, 0.05) is 11.6 Å². The van der Waals surface area contributed by atoms with E-state index in [1.54, 1.807) is 22.8 Å². The summed E-state index contributed by atoms with van der Waals surface area (Å²) in [6.07, 6.45) is 0.411. The highest BCUT2D eigenvalue weighted by Crippen LogP contribution is 2.24. The molecular formula is C19H16FN3O3. The molecule has 0 saturated heterocycles. The molecule has 0 radical (unpaired) electrons. The lowest BCUT2D eigenvalue weighted by Gasteiger charge is -2.04. The highest BCUT2D eigenvalue weighted by molar-refractivity contribution is 5.78. The normalized spacial score (nSPS) is 11.5. The molecule has 132 valence electrons. The van der Waals surface area contributed by atoms with Gasteiger partial charge in [0.15, 0.2) is 5.58 Å². The van der Waals surface area contributed by atoms with Crippen molar-refractivity contribution in [3.05, 3.63) is 70.3 Å². The van der Waals surface area contributed by atoms with E-state index in [2.05, 4.69) is 10.1 Å². The van der Waals surface area contributed by atoms with Gasteiger partial charge in [0.05, 0.1) is 11.9 Å². The van der Waals surface area contributed by atoms with E-state index in [1.165, 1.54) is 12.1 Å². The Morgan fingerprint density at radius 3 is 2.65 bits per heavy atom. The third-order valence-electron chi connectivity index (χ3n) is 4.12. The first-order chi connectivity index (χ1) is 12.5. The zero-order valence-corrected chi connectivity index (χ0v) is 14.3. The number of halogens is 1. The average molecular weight is 353 g/mol. The molecule has 0 atom stereocenters. The van der Waals surface area contributed by atoms with Crippen LogP contribution in [0.25, 0.3) is 22.5 Å². The lowest BCUT2D eigenvalue weighted by atomic mass is 10.1. The van der Waals surface area contributed by atoms with Gasteiger partial charge in [-0.15, -0.1) is 0 Å². The Balaban J connectivity index is 1.65. The van der Waals surface area contributed by atoms with Gasteiger partial charge in [-0.1, -0.05) is 17.3 Å². The molecule has 0 bridgehead atoms. The first kappa shape index (κ1) is 16.3. The van der Waals surface area contributed by atoms with Crippen molar-refractivity contribution >= 4 is 11.1 Å². The topological polar surface area (TPSA) is 74.1 Å². The lowest BCUT2D eigenvalue weighted by Crippen LogP contribution is -2.15. The Morgan fingerprint density at radius 1 is 1.15 bits per heavy atom. The molecule has 4 aromatic rings. The van der Waals surface area contributed by atoms with Crippen LogP contribution in [0, 0.1) is 5.82 Å². The van der Waals surface area contributed by atoms with Gasteiger partial charge in [-0.05, 0) is 49.7 Å². The standard InChI is InChI=1S/C19H16FN3O3/c1-11(2)23-15-8-5-13(10-16(15)25-19(23)24)18-21-17(26-22-18)9-12-3-6-14(20)7-4-12/h3-8,10-11H,9H2,1-2H3. The molecule has 0 unspecified atom stereocenters. The SMILES string of the molecule is CC(C)n1c(=O)oc2cc(-c3noc(Cc4ccc(F)cc4)n3)ccc21. The van der Waals surface area contributed by atoms with Crippen molar-refractivity contribution in [2.45, 2.75) is 26.3 Å². The van der Waals surface area contributed by atoms with Crippen molar-refractivity contribution in [2.24, 2.45) is 0 Å². The quantitative estimate of drug-likeness (QED) is 0.555. The minimum Gasteiger partial charge on any atom is -0.408 e. The number of nitrogens with zero attached hydrogens (tertiary/aromatic N) is 3. The Hall–Kier alpha value is -3.22. The van der Waals surface area contributed by atoms with Crippen LogP contribution in [-0.4, -0.2) is 14.7 Å². The van der Waals surface area contributed by atoms with Crippen molar-refractivity contribution in [3.8, 4) is 11.4 Å². The van der Waals surface area contributed by atoms with Crippen molar-refractivity contribution in [3.63, 3.8) is 0 Å². The molecule has 0 aliphatic carbocycles. The molecule has 2 heterocycles. The molecule has 6 nitrogen and oxygen atoms in total. The highest BCUT2D eigenvalue weighted by Gasteiger charge is 2.15. The summed E-state index contributed by atoms with van der Waals surface area (Å²) in [6.45, 7) is 3.84. The summed E-state index contributed by atoms with van der Waals surface area (Å²) in [5, 5.41) is 3.98. The minimum absolute atomic E-state index is 0.00193. The van der Waals surface area contributed by atoms with Crippen LogP contribution in [-0.2, 0) is 6.42 Å². The fraction of sp³-hybridized carbons (Fsp3) is 0.211. The summed E-state index contributed by atoms with van der Waals surface area (Å²) in [5.41, 5.74) is 2.77. The Labute approximate surface area is 147 Å². The molecule has 0 amide bonds. The van der Waals surface area contributed by atoms with Crippen LogP contribution in [0.2, 0.25) is 0 Å². The fourth-order valence-electron chi connectivity index (χ4n) is 2.89. The predicted molar refractivity (Wildman–Crippen MR) is 93.4 cm³/mol. The second-order valence-electron chi connectivity index (χ2n) is 6.33. The first-order valence-corrected chi connectivity index (χ1v) is 8.24. The molecule has 0 saturated carbocycles. The fourth-order valence-corrected chi connectivity index (χ4v) is 2.89. The number of benzene rings is 2. The molecule has 0 aliphatic heterocycles. The number of hydrogen-bond donors (Lipinski definition) is 0. The van der Waals surface area contributed by atoms with Crippen molar-refractivity contribution in [1.29, 1.82) is 0 Å². The number of rotatable bonds is 4. The predicted octanol–water partition coefficient (Wildman–Crippen LogP) is 3.96. The summed E-state index contributed by atoms with van der Waals surface area (Å²) >= 11 is 0. The Bertz CT molecular complexity index is 1120. The lowest BCUT2D eigenvalue weighted by molar-refractivity contribution is 0.385. The van der Waals surface area contributed by atoms with E-state index in [1.807, 2.05) is 26.0 Å². The molecule has 7 heteroatoms. The monoisotopic (exact) mass is 353 g/mol. The number of aromatic nitrogens is 3. The molecule has 4 rings (SSSR count). The minimum atomic E-state index is -0.391. The van der Waals surface area contributed by atoms with Crippen LogP contribution in [0.15, 0.2) is 56.2 Å². The van der Waals surface area contributed by atoms with Crippen LogP contribution < -0.4 is 5.76 Å². The van der Waals surface area contributed by atoms with Crippen LogP contribution in [0.4, 0.5) is 4.39 Å². The molecular weight excluding hydrogens is 337 g/mol. The highest BCUT2D eigenvalue weighted by atomic mass is 19.1. The van der Waals surface area contributed by atoms with Gasteiger partial charge in [0.25, 0.3) is 0 Å². The van der Waals surface area contributed by atoms with Gasteiger partial charge >= 0.3 is 5.76 Å². The molecule has 0 aliphatic rings. The van der Waals surface area contributed by atoms with Crippen molar-refractivity contribution in [1.82, 2.24) is 14.7 Å². The molecule has 26 heavy (non-hydrogen) atoms. The van der Waals surface area contributed by atoms with E-state index in [0.29, 0.717) is 29.3 Å². The van der Waals surface area contributed by atoms with Gasteiger partial charge in [0.2, 0.25) is 11.7 Å². The van der Waals surface area contributed by atoms with Gasteiger partial charge in [0.1, 0.15) is 5.82 Å². The summed E-state index contributed by atoms with van der Waals surface area (Å²) in [4.78, 5) is 16.4. The number of oxazole rings is 1. The smallest absolute Gasteiger partial charge is 0.408 e. The van der Waals surface area contributed by atoms with Gasteiger partial charge < -0.3 is 8.94 Å². The van der Waals surface area contributed by atoms with E-state index < -0.39 is 5.76 Å². The van der Waals surface area contributed by atoms with Crippen LogP contribution in [0.3, 0.4) is 0 Å². The van der Waals surface area contributed by atoms with E-state index in [-0.39, 0.29) is 11.9 Å². The van der Waals surface area contributed by atoms with Crippen LogP contribution >= 0.6 is 0 Å². The molecule has 2 aromatic heterocycles. The van der Waals surface area contributed by atoms with Crippen molar-refractivity contribution < 1.29 is 13.3 Å². The third kappa shape index (κ3) is 2.92. The zero-order valence-electron chi connectivity index (χ0n) is 14.3. The van der Waals surface area contributed by atoms with Crippen LogP contribution in [0.5, 0.6) is 0 Å². The number of fused-ring (bicyclic) bond motifs is 1. The van der Waals surface area contributed by atoms with Gasteiger partial charge in [-0.25, -0.2) is 9.18 Å². The van der Waals surface area contributed by atoms with E-state index >= 15 is 0 Å². The second kappa shape index (κ2) is 6.25. The second-order valence-corrected chi connectivity index (χ2v) is 6.33. The maximum absolute atomic E-state index is 13.0. The average Bonchev–Trinajstić information content (AvgIpc) is 3.19.